The molecule has 0 bridgehead atoms. The highest BCUT2D eigenvalue weighted by Crippen LogP contribution is 2.17. The van der Waals surface area contributed by atoms with E-state index in [1.165, 1.54) is 6.33 Å². The number of nitrogens with one attached hydrogen (secondary N) is 2. The summed E-state index contributed by atoms with van der Waals surface area (Å²) in [4.78, 5) is 20.6. The Kier molecular flexibility index (Phi) is 5.68. The van der Waals surface area contributed by atoms with E-state index in [4.69, 9.17) is 0 Å². The molecule has 1 aromatic heterocycles. The standard InChI is InChI=1S/C18H24N4O/c1-12(2)7-8-19-17-10-16(20-11-21-17)18(23)22-15-9-13(3)5-6-14(15)4/h5-6,9-12H,7-8H2,1-4H3,(H,22,23)(H,19,20,21). The molecule has 0 aliphatic rings. The number of aryl methyl sites for hydroxylation is 2. The first kappa shape index (κ1) is 16.9. The summed E-state index contributed by atoms with van der Waals surface area (Å²) in [6, 6.07) is 7.65. The Hall–Kier alpha value is -2.43. The van der Waals surface area contributed by atoms with E-state index in [0.29, 0.717) is 17.4 Å². The maximum Gasteiger partial charge on any atom is 0.274 e. The molecular formula is C18H24N4O. The summed E-state index contributed by atoms with van der Waals surface area (Å²) in [7, 11) is 0. The zero-order valence-corrected chi connectivity index (χ0v) is 14.2. The lowest BCUT2D eigenvalue weighted by atomic mass is 10.1. The summed E-state index contributed by atoms with van der Waals surface area (Å²) < 4.78 is 0. The number of hydrogen-bond acceptors (Lipinski definition) is 4. The van der Waals surface area contributed by atoms with Crippen molar-refractivity contribution >= 4 is 17.4 Å². The molecule has 0 fully saturated rings. The number of rotatable bonds is 6. The van der Waals surface area contributed by atoms with Crippen molar-refractivity contribution < 1.29 is 4.79 Å². The van der Waals surface area contributed by atoms with Crippen molar-refractivity contribution in [3.63, 3.8) is 0 Å². The second kappa shape index (κ2) is 7.72. The minimum atomic E-state index is -0.229. The molecule has 0 radical (unpaired) electrons. The maximum absolute atomic E-state index is 12.4. The quantitative estimate of drug-likeness (QED) is 0.851. The van der Waals surface area contributed by atoms with Crippen LogP contribution >= 0.6 is 0 Å². The van der Waals surface area contributed by atoms with E-state index in [-0.39, 0.29) is 5.91 Å². The molecule has 2 rings (SSSR count). The minimum absolute atomic E-state index is 0.229. The molecule has 5 heteroatoms. The molecule has 0 aliphatic heterocycles. The fraction of sp³-hybridized carbons (Fsp3) is 0.389. The van der Waals surface area contributed by atoms with Crippen molar-refractivity contribution in [1.29, 1.82) is 0 Å². The summed E-state index contributed by atoms with van der Waals surface area (Å²) in [5.74, 6) is 1.07. The minimum Gasteiger partial charge on any atom is -0.370 e. The molecule has 1 heterocycles. The van der Waals surface area contributed by atoms with Crippen LogP contribution in [0.3, 0.4) is 0 Å². The van der Waals surface area contributed by atoms with Crippen LogP contribution in [-0.4, -0.2) is 22.4 Å². The van der Waals surface area contributed by atoms with E-state index in [0.717, 1.165) is 29.8 Å². The largest absolute Gasteiger partial charge is 0.370 e. The van der Waals surface area contributed by atoms with Gasteiger partial charge in [-0.3, -0.25) is 4.79 Å². The molecule has 0 spiro atoms. The number of nitrogens with zero attached hydrogens (tertiary/aromatic N) is 2. The van der Waals surface area contributed by atoms with Crippen molar-refractivity contribution in [2.75, 3.05) is 17.2 Å². The molecule has 122 valence electrons. The van der Waals surface area contributed by atoms with Gasteiger partial charge in [-0.2, -0.15) is 0 Å². The lowest BCUT2D eigenvalue weighted by Crippen LogP contribution is -2.16. The molecule has 0 aliphatic carbocycles. The third kappa shape index (κ3) is 5.06. The topological polar surface area (TPSA) is 66.9 Å². The molecule has 0 unspecified atom stereocenters. The molecule has 5 nitrogen and oxygen atoms in total. The number of benzene rings is 1. The number of aromatic nitrogens is 2. The molecule has 2 N–H and O–H groups in total. The highest BCUT2D eigenvalue weighted by Gasteiger charge is 2.10. The van der Waals surface area contributed by atoms with Gasteiger partial charge in [-0.15, -0.1) is 0 Å². The van der Waals surface area contributed by atoms with E-state index in [1.807, 2.05) is 32.0 Å². The second-order valence-corrected chi connectivity index (χ2v) is 6.17. The van der Waals surface area contributed by atoms with Gasteiger partial charge in [-0.1, -0.05) is 26.0 Å². The average molecular weight is 312 g/mol. The van der Waals surface area contributed by atoms with Crippen molar-refractivity contribution in [2.24, 2.45) is 5.92 Å². The first-order valence-electron chi connectivity index (χ1n) is 7.90. The highest BCUT2D eigenvalue weighted by molar-refractivity contribution is 6.03. The van der Waals surface area contributed by atoms with Crippen LogP contribution < -0.4 is 10.6 Å². The highest BCUT2D eigenvalue weighted by atomic mass is 16.1. The van der Waals surface area contributed by atoms with Gasteiger partial charge >= 0.3 is 0 Å². The van der Waals surface area contributed by atoms with E-state index < -0.39 is 0 Å². The smallest absolute Gasteiger partial charge is 0.274 e. The average Bonchev–Trinajstić information content (AvgIpc) is 2.51. The predicted octanol–water partition coefficient (Wildman–Crippen LogP) is 3.80. The number of carbonyl (C=O) groups excluding carboxylic acids is 1. The zero-order valence-electron chi connectivity index (χ0n) is 14.2. The van der Waals surface area contributed by atoms with Crippen molar-refractivity contribution in [3.05, 3.63) is 47.4 Å². The second-order valence-electron chi connectivity index (χ2n) is 6.17. The van der Waals surface area contributed by atoms with E-state index in [9.17, 15) is 4.79 Å². The van der Waals surface area contributed by atoms with Crippen molar-refractivity contribution in [2.45, 2.75) is 34.1 Å². The monoisotopic (exact) mass is 312 g/mol. The van der Waals surface area contributed by atoms with Crippen LogP contribution in [0.5, 0.6) is 0 Å². The van der Waals surface area contributed by atoms with Gasteiger partial charge in [0.25, 0.3) is 5.91 Å². The van der Waals surface area contributed by atoms with Crippen LogP contribution in [0.15, 0.2) is 30.6 Å². The van der Waals surface area contributed by atoms with Gasteiger partial charge in [0.05, 0.1) is 0 Å². The summed E-state index contributed by atoms with van der Waals surface area (Å²) in [6.07, 6.45) is 2.46. The van der Waals surface area contributed by atoms with Crippen LogP contribution in [0.1, 0.15) is 41.9 Å². The number of hydrogen-bond donors (Lipinski definition) is 2. The van der Waals surface area contributed by atoms with Gasteiger partial charge in [-0.05, 0) is 43.4 Å². The van der Waals surface area contributed by atoms with Crippen LogP contribution in [0.25, 0.3) is 0 Å². The molecule has 1 aromatic carbocycles. The normalized spacial score (nSPS) is 10.7. The SMILES string of the molecule is Cc1ccc(C)c(NC(=O)c2cc(NCCC(C)C)ncn2)c1. The van der Waals surface area contributed by atoms with Gasteiger partial charge < -0.3 is 10.6 Å². The summed E-state index contributed by atoms with van der Waals surface area (Å²) in [5, 5.41) is 6.14. The lowest BCUT2D eigenvalue weighted by molar-refractivity contribution is 0.102. The van der Waals surface area contributed by atoms with Crippen LogP contribution in [0.4, 0.5) is 11.5 Å². The fourth-order valence-electron chi connectivity index (χ4n) is 2.12. The third-order valence-corrected chi connectivity index (χ3v) is 3.57. The molecule has 0 saturated heterocycles. The summed E-state index contributed by atoms with van der Waals surface area (Å²) in [5.41, 5.74) is 3.29. The maximum atomic E-state index is 12.4. The van der Waals surface area contributed by atoms with Gasteiger partial charge in [0.1, 0.15) is 17.8 Å². The molecule has 1 amide bonds. The van der Waals surface area contributed by atoms with Gasteiger partial charge in [0.15, 0.2) is 0 Å². The Morgan fingerprint density at radius 1 is 1.17 bits per heavy atom. The van der Waals surface area contributed by atoms with Crippen molar-refractivity contribution in [3.8, 4) is 0 Å². The molecule has 23 heavy (non-hydrogen) atoms. The van der Waals surface area contributed by atoms with Crippen LogP contribution in [0.2, 0.25) is 0 Å². The summed E-state index contributed by atoms with van der Waals surface area (Å²) in [6.45, 7) is 9.13. The van der Waals surface area contributed by atoms with E-state index in [1.54, 1.807) is 6.07 Å². The van der Waals surface area contributed by atoms with E-state index in [2.05, 4.69) is 34.4 Å². The van der Waals surface area contributed by atoms with Crippen LogP contribution in [0, 0.1) is 19.8 Å². The number of carbonyl (C=O) groups is 1. The Balaban J connectivity index is 2.06. The number of amides is 1. The summed E-state index contributed by atoms with van der Waals surface area (Å²) >= 11 is 0. The first-order chi connectivity index (χ1) is 11.0. The Morgan fingerprint density at radius 3 is 2.70 bits per heavy atom. The first-order valence-corrected chi connectivity index (χ1v) is 7.90. The fourth-order valence-corrected chi connectivity index (χ4v) is 2.12. The lowest BCUT2D eigenvalue weighted by Gasteiger charge is -2.10. The Labute approximate surface area is 137 Å². The zero-order chi connectivity index (χ0) is 16.8. The molecule has 0 atom stereocenters. The number of anilines is 2. The third-order valence-electron chi connectivity index (χ3n) is 3.57. The Morgan fingerprint density at radius 2 is 1.96 bits per heavy atom. The molecular weight excluding hydrogens is 288 g/mol. The predicted molar refractivity (Wildman–Crippen MR) is 93.8 cm³/mol. The van der Waals surface area contributed by atoms with Crippen LogP contribution in [-0.2, 0) is 0 Å². The van der Waals surface area contributed by atoms with Gasteiger partial charge in [0.2, 0.25) is 0 Å². The van der Waals surface area contributed by atoms with E-state index >= 15 is 0 Å². The van der Waals surface area contributed by atoms with Gasteiger partial charge in [0, 0.05) is 18.3 Å². The molecule has 0 saturated carbocycles. The Bertz CT molecular complexity index is 682. The van der Waals surface area contributed by atoms with Gasteiger partial charge in [-0.25, -0.2) is 9.97 Å². The van der Waals surface area contributed by atoms with Crippen molar-refractivity contribution in [1.82, 2.24) is 9.97 Å². The molecule has 2 aromatic rings.